The van der Waals surface area contributed by atoms with Crippen LogP contribution < -0.4 is 0 Å². The van der Waals surface area contributed by atoms with Crippen LogP contribution in [0, 0.1) is 5.92 Å². The number of nitrogens with zero attached hydrogens (tertiary/aromatic N) is 1. The van der Waals surface area contributed by atoms with Gasteiger partial charge in [0.2, 0.25) is 0 Å². The van der Waals surface area contributed by atoms with Crippen molar-refractivity contribution in [1.29, 1.82) is 0 Å². The first-order valence-electron chi connectivity index (χ1n) is 6.13. The van der Waals surface area contributed by atoms with Crippen molar-refractivity contribution >= 4 is 23.2 Å². The van der Waals surface area contributed by atoms with Crippen LogP contribution in [0.25, 0.3) is 0 Å². The van der Waals surface area contributed by atoms with Crippen LogP contribution in [-0.2, 0) is 0 Å². The maximum atomic E-state index is 12.3. The van der Waals surface area contributed by atoms with E-state index < -0.39 is 5.97 Å². The lowest BCUT2D eigenvalue weighted by Crippen LogP contribution is -2.35. The number of hydrogen-bond donors (Lipinski definition) is 1. The molecule has 1 saturated carbocycles. The molecular formula is C13H17NO3S. The second-order valence-electron chi connectivity index (χ2n) is 5.05. The van der Waals surface area contributed by atoms with Crippen molar-refractivity contribution in [3.63, 3.8) is 0 Å². The predicted molar refractivity (Wildman–Crippen MR) is 70.2 cm³/mol. The summed E-state index contributed by atoms with van der Waals surface area (Å²) >= 11 is 1.06. The number of carbonyl (C=O) groups excluding carboxylic acids is 1. The van der Waals surface area contributed by atoms with Gasteiger partial charge >= 0.3 is 5.97 Å². The molecule has 5 heteroatoms. The van der Waals surface area contributed by atoms with Gasteiger partial charge in [-0.05, 0) is 30.9 Å². The van der Waals surface area contributed by atoms with Gasteiger partial charge in [-0.15, -0.1) is 11.3 Å². The minimum absolute atomic E-state index is 0.0244. The van der Waals surface area contributed by atoms with Crippen molar-refractivity contribution in [2.24, 2.45) is 5.92 Å². The van der Waals surface area contributed by atoms with Gasteiger partial charge in [-0.2, -0.15) is 0 Å². The van der Waals surface area contributed by atoms with E-state index in [1.165, 1.54) is 6.07 Å². The van der Waals surface area contributed by atoms with E-state index in [0.29, 0.717) is 16.8 Å². The highest BCUT2D eigenvalue weighted by Crippen LogP contribution is 2.30. The van der Waals surface area contributed by atoms with Crippen molar-refractivity contribution in [2.75, 3.05) is 6.54 Å². The third-order valence-electron chi connectivity index (χ3n) is 2.84. The Kier molecular flexibility index (Phi) is 3.71. The van der Waals surface area contributed by atoms with Crippen LogP contribution in [0.3, 0.4) is 0 Å². The molecule has 0 aliphatic heterocycles. The standard InChI is InChI=1S/C13H17NO3S/c1-8(2)7-14(9-3-4-9)12(15)10-5-6-11(18-10)13(16)17/h5-6,8-9H,3-4,7H2,1-2H3,(H,16,17). The van der Waals surface area contributed by atoms with Gasteiger partial charge in [0, 0.05) is 12.6 Å². The molecule has 0 radical (unpaired) electrons. The van der Waals surface area contributed by atoms with Gasteiger partial charge in [-0.1, -0.05) is 13.8 Å². The molecule has 1 aromatic heterocycles. The molecule has 1 amide bonds. The van der Waals surface area contributed by atoms with E-state index in [0.717, 1.165) is 30.7 Å². The monoisotopic (exact) mass is 267 g/mol. The SMILES string of the molecule is CC(C)CN(C(=O)c1ccc(C(=O)O)s1)C1CC1. The topological polar surface area (TPSA) is 57.6 Å². The maximum Gasteiger partial charge on any atom is 0.345 e. The first-order chi connectivity index (χ1) is 8.49. The van der Waals surface area contributed by atoms with Crippen molar-refractivity contribution in [3.8, 4) is 0 Å². The number of aromatic carboxylic acids is 1. The minimum atomic E-state index is -0.971. The molecule has 2 rings (SSSR count). The highest BCUT2D eigenvalue weighted by atomic mass is 32.1. The van der Waals surface area contributed by atoms with Crippen molar-refractivity contribution in [3.05, 3.63) is 21.9 Å². The number of carbonyl (C=O) groups is 2. The van der Waals surface area contributed by atoms with E-state index in [9.17, 15) is 9.59 Å². The molecule has 0 atom stereocenters. The number of rotatable bonds is 5. The first kappa shape index (κ1) is 13.1. The normalized spacial score (nSPS) is 14.8. The van der Waals surface area contributed by atoms with Gasteiger partial charge in [-0.25, -0.2) is 4.79 Å². The van der Waals surface area contributed by atoms with Crippen molar-refractivity contribution < 1.29 is 14.7 Å². The molecule has 0 aromatic carbocycles. The van der Waals surface area contributed by atoms with Crippen LogP contribution >= 0.6 is 11.3 Å². The van der Waals surface area contributed by atoms with E-state index in [-0.39, 0.29) is 10.8 Å². The van der Waals surface area contributed by atoms with Crippen LogP contribution in [0.1, 0.15) is 46.0 Å². The molecule has 0 bridgehead atoms. The number of thiophene rings is 1. The van der Waals surface area contributed by atoms with Gasteiger partial charge in [0.15, 0.2) is 0 Å². The summed E-state index contributed by atoms with van der Waals surface area (Å²) < 4.78 is 0. The molecule has 98 valence electrons. The number of amides is 1. The molecular weight excluding hydrogens is 250 g/mol. The molecule has 1 fully saturated rings. The minimum Gasteiger partial charge on any atom is -0.477 e. The Morgan fingerprint density at radius 1 is 1.39 bits per heavy atom. The molecule has 18 heavy (non-hydrogen) atoms. The van der Waals surface area contributed by atoms with Crippen molar-refractivity contribution in [1.82, 2.24) is 4.90 Å². The molecule has 0 spiro atoms. The molecule has 1 aliphatic carbocycles. The second kappa shape index (κ2) is 5.10. The summed E-state index contributed by atoms with van der Waals surface area (Å²) in [5.41, 5.74) is 0. The first-order valence-corrected chi connectivity index (χ1v) is 6.94. The van der Waals surface area contributed by atoms with Gasteiger partial charge in [0.25, 0.3) is 5.91 Å². The highest BCUT2D eigenvalue weighted by Gasteiger charge is 2.33. The quantitative estimate of drug-likeness (QED) is 0.892. The fourth-order valence-electron chi connectivity index (χ4n) is 1.89. The lowest BCUT2D eigenvalue weighted by Gasteiger charge is -2.23. The summed E-state index contributed by atoms with van der Waals surface area (Å²) in [5.74, 6) is -0.571. The van der Waals surface area contributed by atoms with Gasteiger partial charge < -0.3 is 10.0 Å². The second-order valence-corrected chi connectivity index (χ2v) is 6.14. The molecule has 1 aliphatic rings. The van der Waals surface area contributed by atoms with E-state index in [1.807, 2.05) is 4.90 Å². The third kappa shape index (κ3) is 2.90. The van der Waals surface area contributed by atoms with Gasteiger partial charge in [-0.3, -0.25) is 4.79 Å². The molecule has 0 unspecified atom stereocenters. The fourth-order valence-corrected chi connectivity index (χ4v) is 2.69. The highest BCUT2D eigenvalue weighted by molar-refractivity contribution is 7.15. The molecule has 1 heterocycles. The number of carboxylic acids is 1. The Morgan fingerprint density at radius 2 is 2.00 bits per heavy atom. The largest absolute Gasteiger partial charge is 0.477 e. The Balaban J connectivity index is 2.14. The zero-order valence-electron chi connectivity index (χ0n) is 10.5. The van der Waals surface area contributed by atoms with Crippen LogP contribution in [0.4, 0.5) is 0 Å². The third-order valence-corrected chi connectivity index (χ3v) is 3.90. The van der Waals surface area contributed by atoms with Crippen molar-refractivity contribution in [2.45, 2.75) is 32.7 Å². The smallest absolute Gasteiger partial charge is 0.345 e. The zero-order chi connectivity index (χ0) is 13.3. The number of carboxylic acid groups (broad SMARTS) is 1. The van der Waals surface area contributed by atoms with E-state index >= 15 is 0 Å². The molecule has 0 saturated heterocycles. The van der Waals surface area contributed by atoms with Gasteiger partial charge in [0.1, 0.15) is 4.88 Å². The summed E-state index contributed by atoms with van der Waals surface area (Å²) in [4.78, 5) is 25.8. The summed E-state index contributed by atoms with van der Waals surface area (Å²) in [6, 6.07) is 3.47. The Morgan fingerprint density at radius 3 is 2.44 bits per heavy atom. The molecule has 4 nitrogen and oxygen atoms in total. The Labute approximate surface area is 110 Å². The van der Waals surface area contributed by atoms with E-state index in [2.05, 4.69) is 13.8 Å². The summed E-state index contributed by atoms with van der Waals surface area (Å²) in [6.45, 7) is 4.91. The lowest BCUT2D eigenvalue weighted by atomic mass is 10.2. The van der Waals surface area contributed by atoms with Crippen LogP contribution in [0.5, 0.6) is 0 Å². The summed E-state index contributed by atoms with van der Waals surface area (Å²) in [7, 11) is 0. The number of hydrogen-bond acceptors (Lipinski definition) is 3. The average Bonchev–Trinajstić information content (AvgIpc) is 3.00. The fraction of sp³-hybridized carbons (Fsp3) is 0.538. The van der Waals surface area contributed by atoms with Crippen LogP contribution in [-0.4, -0.2) is 34.5 Å². The zero-order valence-corrected chi connectivity index (χ0v) is 11.4. The lowest BCUT2D eigenvalue weighted by molar-refractivity contribution is 0.0700. The Hall–Kier alpha value is -1.36. The van der Waals surface area contributed by atoms with E-state index in [1.54, 1.807) is 6.07 Å². The van der Waals surface area contributed by atoms with Gasteiger partial charge in [0.05, 0.1) is 4.88 Å². The maximum absolute atomic E-state index is 12.3. The average molecular weight is 267 g/mol. The van der Waals surface area contributed by atoms with Crippen LogP contribution in [0.15, 0.2) is 12.1 Å². The summed E-state index contributed by atoms with van der Waals surface area (Å²) in [6.07, 6.45) is 2.13. The predicted octanol–water partition coefficient (Wildman–Crippen LogP) is 2.71. The van der Waals surface area contributed by atoms with E-state index in [4.69, 9.17) is 5.11 Å². The Bertz CT molecular complexity index is 463. The summed E-state index contributed by atoms with van der Waals surface area (Å²) in [5, 5.41) is 8.87. The molecule has 1 aromatic rings. The van der Waals surface area contributed by atoms with Crippen LogP contribution in [0.2, 0.25) is 0 Å². The molecule has 1 N–H and O–H groups in total.